The fraction of sp³-hybridized carbons (Fsp3) is 0.370. The fourth-order valence-corrected chi connectivity index (χ4v) is 4.68. The number of allylic oxidation sites excluding steroid dienone is 2. The molecule has 1 aliphatic heterocycles. The Hall–Kier alpha value is -3.01. The van der Waals surface area contributed by atoms with E-state index in [1.165, 1.54) is 0 Å². The normalized spacial score (nSPS) is 23.4. The van der Waals surface area contributed by atoms with Crippen molar-refractivity contribution < 1.29 is 14.3 Å². The first kappa shape index (κ1) is 21.2. The SMILES string of the molecule is CC1=NC2=C(C(=O)C[C@H](c3ccccc3)C2)[C@@H](c2ccccc2)C1C(=O)OCC(C)C. The van der Waals surface area contributed by atoms with Gasteiger partial charge in [-0.05, 0) is 36.3 Å². The predicted molar refractivity (Wildman–Crippen MR) is 122 cm³/mol. The van der Waals surface area contributed by atoms with Gasteiger partial charge in [-0.1, -0.05) is 74.5 Å². The molecule has 160 valence electrons. The Balaban J connectivity index is 1.75. The van der Waals surface area contributed by atoms with E-state index < -0.39 is 5.92 Å². The third-order valence-corrected chi connectivity index (χ3v) is 6.13. The van der Waals surface area contributed by atoms with Crippen LogP contribution in [0.4, 0.5) is 0 Å². The molecule has 0 saturated heterocycles. The maximum Gasteiger partial charge on any atom is 0.315 e. The van der Waals surface area contributed by atoms with E-state index in [0.717, 1.165) is 22.5 Å². The number of esters is 1. The van der Waals surface area contributed by atoms with E-state index in [1.807, 2.05) is 69.3 Å². The molecule has 1 heterocycles. The number of hydrogen-bond donors (Lipinski definition) is 0. The summed E-state index contributed by atoms with van der Waals surface area (Å²) in [5.74, 6) is -0.771. The second-order valence-corrected chi connectivity index (χ2v) is 8.94. The van der Waals surface area contributed by atoms with Crippen LogP contribution < -0.4 is 0 Å². The highest BCUT2D eigenvalue weighted by atomic mass is 16.5. The van der Waals surface area contributed by atoms with Crippen LogP contribution in [0.3, 0.4) is 0 Å². The first-order valence-corrected chi connectivity index (χ1v) is 11.0. The molecule has 4 nitrogen and oxygen atoms in total. The van der Waals surface area contributed by atoms with Gasteiger partial charge in [0.25, 0.3) is 0 Å². The van der Waals surface area contributed by atoms with Crippen LogP contribution in [0.5, 0.6) is 0 Å². The van der Waals surface area contributed by atoms with Gasteiger partial charge >= 0.3 is 5.97 Å². The molecule has 4 rings (SSSR count). The van der Waals surface area contributed by atoms with Crippen LogP contribution in [0.15, 0.2) is 76.9 Å². The Bertz CT molecular complexity index is 1020. The predicted octanol–water partition coefficient (Wildman–Crippen LogP) is 5.46. The van der Waals surface area contributed by atoms with Gasteiger partial charge in [0.15, 0.2) is 5.78 Å². The van der Waals surface area contributed by atoms with Crippen molar-refractivity contribution in [2.75, 3.05) is 6.61 Å². The summed E-state index contributed by atoms with van der Waals surface area (Å²) in [7, 11) is 0. The summed E-state index contributed by atoms with van der Waals surface area (Å²) in [6.07, 6.45) is 1.15. The number of nitrogens with zero attached hydrogens (tertiary/aromatic N) is 1. The van der Waals surface area contributed by atoms with Gasteiger partial charge in [0, 0.05) is 29.3 Å². The highest BCUT2D eigenvalue weighted by molar-refractivity contribution is 6.09. The van der Waals surface area contributed by atoms with Crippen molar-refractivity contribution in [1.29, 1.82) is 0 Å². The average molecular weight is 416 g/mol. The van der Waals surface area contributed by atoms with Crippen LogP contribution in [-0.2, 0) is 14.3 Å². The Morgan fingerprint density at radius 2 is 1.61 bits per heavy atom. The van der Waals surface area contributed by atoms with Gasteiger partial charge in [0.2, 0.25) is 0 Å². The largest absolute Gasteiger partial charge is 0.465 e. The van der Waals surface area contributed by atoms with Crippen molar-refractivity contribution in [2.24, 2.45) is 16.8 Å². The second kappa shape index (κ2) is 9.01. The number of hydrogen-bond acceptors (Lipinski definition) is 4. The van der Waals surface area contributed by atoms with Crippen molar-refractivity contribution in [2.45, 2.75) is 45.4 Å². The topological polar surface area (TPSA) is 55.7 Å². The molecular weight excluding hydrogens is 386 g/mol. The van der Waals surface area contributed by atoms with Gasteiger partial charge in [-0.15, -0.1) is 0 Å². The zero-order valence-electron chi connectivity index (χ0n) is 18.4. The van der Waals surface area contributed by atoms with Crippen LogP contribution in [0.2, 0.25) is 0 Å². The molecule has 0 saturated carbocycles. The Kier molecular flexibility index (Phi) is 6.17. The Morgan fingerprint density at radius 1 is 1.00 bits per heavy atom. The Labute approximate surface area is 184 Å². The molecule has 0 amide bonds. The van der Waals surface area contributed by atoms with Crippen molar-refractivity contribution in [1.82, 2.24) is 0 Å². The van der Waals surface area contributed by atoms with Crippen LogP contribution in [0.25, 0.3) is 0 Å². The smallest absolute Gasteiger partial charge is 0.315 e. The summed E-state index contributed by atoms with van der Waals surface area (Å²) in [6.45, 7) is 6.27. The number of Topliss-reactive ketones (excluding diaryl/α,β-unsaturated/α-hetero) is 1. The van der Waals surface area contributed by atoms with Crippen molar-refractivity contribution in [3.63, 3.8) is 0 Å². The summed E-state index contributed by atoms with van der Waals surface area (Å²) in [4.78, 5) is 31.4. The van der Waals surface area contributed by atoms with E-state index in [1.54, 1.807) is 0 Å². The van der Waals surface area contributed by atoms with Crippen molar-refractivity contribution >= 4 is 17.5 Å². The van der Waals surface area contributed by atoms with Crippen molar-refractivity contribution in [3.05, 3.63) is 83.1 Å². The van der Waals surface area contributed by atoms with E-state index in [9.17, 15) is 9.59 Å². The molecule has 0 fully saturated rings. The molecule has 2 aromatic rings. The molecule has 0 spiro atoms. The van der Waals surface area contributed by atoms with Crippen molar-refractivity contribution in [3.8, 4) is 0 Å². The summed E-state index contributed by atoms with van der Waals surface area (Å²) < 4.78 is 5.62. The maximum absolute atomic E-state index is 13.5. The third kappa shape index (κ3) is 4.39. The number of benzene rings is 2. The summed E-state index contributed by atoms with van der Waals surface area (Å²) in [6, 6.07) is 20.0. The summed E-state index contributed by atoms with van der Waals surface area (Å²) >= 11 is 0. The van der Waals surface area contributed by atoms with Gasteiger partial charge in [-0.25, -0.2) is 0 Å². The molecule has 3 atom stereocenters. The quantitative estimate of drug-likeness (QED) is 0.609. The zero-order valence-corrected chi connectivity index (χ0v) is 18.4. The minimum absolute atomic E-state index is 0.0851. The minimum atomic E-state index is -0.572. The third-order valence-electron chi connectivity index (χ3n) is 6.13. The van der Waals surface area contributed by atoms with E-state index >= 15 is 0 Å². The first-order chi connectivity index (χ1) is 15.0. The molecule has 31 heavy (non-hydrogen) atoms. The van der Waals surface area contributed by atoms with Gasteiger partial charge in [0.05, 0.1) is 6.61 Å². The molecule has 0 aromatic heterocycles. The van der Waals surface area contributed by atoms with Gasteiger partial charge in [-0.3, -0.25) is 14.6 Å². The first-order valence-electron chi connectivity index (χ1n) is 11.0. The lowest BCUT2D eigenvalue weighted by atomic mass is 9.69. The highest BCUT2D eigenvalue weighted by Gasteiger charge is 2.44. The lowest BCUT2D eigenvalue weighted by Crippen LogP contribution is -2.38. The number of carbonyl (C=O) groups is 2. The average Bonchev–Trinajstić information content (AvgIpc) is 2.77. The summed E-state index contributed by atoms with van der Waals surface area (Å²) in [5.41, 5.74) is 4.36. The zero-order chi connectivity index (χ0) is 22.0. The number of ether oxygens (including phenoxy) is 1. The summed E-state index contributed by atoms with van der Waals surface area (Å²) in [5, 5.41) is 0. The molecular formula is C27H29NO3. The molecule has 1 unspecified atom stereocenters. The lowest BCUT2D eigenvalue weighted by molar-refractivity contribution is -0.147. The van der Waals surface area contributed by atoms with Gasteiger partial charge in [0.1, 0.15) is 5.92 Å². The van der Waals surface area contributed by atoms with E-state index in [0.29, 0.717) is 25.0 Å². The molecule has 4 heteroatoms. The number of ketones is 1. The highest BCUT2D eigenvalue weighted by Crippen LogP contribution is 2.46. The second-order valence-electron chi connectivity index (χ2n) is 8.94. The fourth-order valence-electron chi connectivity index (χ4n) is 4.68. The Morgan fingerprint density at radius 3 is 2.23 bits per heavy atom. The molecule has 1 aliphatic carbocycles. The molecule has 0 N–H and O–H groups in total. The van der Waals surface area contributed by atoms with Crippen LogP contribution in [-0.4, -0.2) is 24.1 Å². The minimum Gasteiger partial charge on any atom is -0.465 e. The monoisotopic (exact) mass is 415 g/mol. The molecule has 2 aliphatic rings. The standard InChI is InChI=1S/C27H29NO3/c1-17(2)16-31-27(30)24-18(3)28-22-14-21(19-10-6-4-7-11-19)15-23(29)26(22)25(24)20-12-8-5-9-13-20/h4-13,17,21,24-25H,14-16H2,1-3H3/t21-,24?,25+/m1/s1. The van der Waals surface area contributed by atoms with E-state index in [2.05, 4.69) is 12.1 Å². The number of rotatable bonds is 5. The van der Waals surface area contributed by atoms with Gasteiger partial charge in [-0.2, -0.15) is 0 Å². The molecule has 0 radical (unpaired) electrons. The molecule has 0 bridgehead atoms. The maximum atomic E-state index is 13.5. The van der Waals surface area contributed by atoms with E-state index in [4.69, 9.17) is 9.73 Å². The number of aliphatic imine (C=N–C) groups is 1. The van der Waals surface area contributed by atoms with Crippen LogP contribution in [0, 0.1) is 11.8 Å². The number of carbonyl (C=O) groups excluding carboxylic acids is 2. The van der Waals surface area contributed by atoms with Crippen LogP contribution in [0.1, 0.15) is 56.6 Å². The molecule has 2 aromatic carbocycles. The van der Waals surface area contributed by atoms with E-state index in [-0.39, 0.29) is 29.5 Å². The van der Waals surface area contributed by atoms with Crippen LogP contribution >= 0.6 is 0 Å². The van der Waals surface area contributed by atoms with Gasteiger partial charge < -0.3 is 4.74 Å². The lowest BCUT2D eigenvalue weighted by Gasteiger charge is -2.36.